The zero-order valence-electron chi connectivity index (χ0n) is 11.3. The van der Waals surface area contributed by atoms with Gasteiger partial charge in [-0.2, -0.15) is 39.5 Å². The third kappa shape index (κ3) is 3.46. The lowest BCUT2D eigenvalue weighted by Gasteiger charge is -2.20. The summed E-state index contributed by atoms with van der Waals surface area (Å²) in [6, 6.07) is 2.94. The quantitative estimate of drug-likeness (QED) is 0.586. The maximum absolute atomic E-state index is 13.1. The van der Waals surface area contributed by atoms with Crippen molar-refractivity contribution in [3.05, 3.63) is 53.3 Å². The van der Waals surface area contributed by atoms with Crippen molar-refractivity contribution in [2.75, 3.05) is 0 Å². The van der Waals surface area contributed by atoms with E-state index in [4.69, 9.17) is 0 Å². The molecule has 0 radical (unpaired) electrons. The number of rotatable bonds is 1. The molecule has 1 aromatic carbocycles. The van der Waals surface area contributed by atoms with Crippen molar-refractivity contribution in [3.8, 4) is 11.1 Å². The Hall–Kier alpha value is -2.26. The van der Waals surface area contributed by atoms with E-state index >= 15 is 0 Å². The van der Waals surface area contributed by atoms with Crippen LogP contribution in [0.1, 0.15) is 16.8 Å². The Morgan fingerprint density at radius 3 is 1.67 bits per heavy atom. The molecule has 0 aliphatic carbocycles. The van der Waals surface area contributed by atoms with Crippen LogP contribution in [0.5, 0.6) is 0 Å². The van der Waals surface area contributed by atoms with Crippen molar-refractivity contribution in [1.82, 2.24) is 4.98 Å². The second kappa shape index (κ2) is 5.67. The number of pyridine rings is 1. The summed E-state index contributed by atoms with van der Waals surface area (Å²) in [7, 11) is 0. The molecule has 1 aromatic heterocycles. The van der Waals surface area contributed by atoms with E-state index in [1.165, 1.54) is 0 Å². The predicted octanol–water partition coefficient (Wildman–Crippen LogP) is 5.81. The lowest BCUT2D eigenvalue weighted by atomic mass is 9.93. The molecular weight excluding hydrogens is 353 g/mol. The van der Waals surface area contributed by atoms with Crippen molar-refractivity contribution in [1.29, 1.82) is 0 Å². The lowest BCUT2D eigenvalue weighted by Crippen LogP contribution is -2.18. The van der Waals surface area contributed by atoms with E-state index in [9.17, 15) is 39.5 Å². The summed E-state index contributed by atoms with van der Waals surface area (Å²) in [5.74, 6) is 0. The van der Waals surface area contributed by atoms with Gasteiger partial charge in [0, 0.05) is 11.8 Å². The second-order valence-corrected chi connectivity index (χ2v) is 4.62. The molecule has 0 fully saturated rings. The van der Waals surface area contributed by atoms with E-state index in [0.717, 1.165) is 12.1 Å². The highest BCUT2D eigenvalue weighted by Gasteiger charge is 2.44. The molecule has 0 aliphatic rings. The maximum Gasteiger partial charge on any atom is 0.433 e. The molecule has 0 saturated heterocycles. The maximum atomic E-state index is 13.1. The number of nitrogens with zero attached hydrogens (tertiary/aromatic N) is 1. The molecular formula is C14H6F9N. The molecule has 24 heavy (non-hydrogen) atoms. The summed E-state index contributed by atoms with van der Waals surface area (Å²) in [5, 5.41) is 0. The van der Waals surface area contributed by atoms with Crippen molar-refractivity contribution in [3.63, 3.8) is 0 Å². The normalized spacial score (nSPS) is 13.2. The minimum atomic E-state index is -5.37. The molecule has 1 heterocycles. The third-order valence-corrected chi connectivity index (χ3v) is 3.03. The summed E-state index contributed by atoms with van der Waals surface area (Å²) < 4.78 is 117. The Labute approximate surface area is 128 Å². The van der Waals surface area contributed by atoms with Crippen LogP contribution in [0.4, 0.5) is 39.5 Å². The van der Waals surface area contributed by atoms with Gasteiger partial charge in [0.2, 0.25) is 0 Å². The first-order valence-electron chi connectivity index (χ1n) is 6.13. The first-order valence-corrected chi connectivity index (χ1v) is 6.13. The Morgan fingerprint density at radius 1 is 0.625 bits per heavy atom. The summed E-state index contributed by atoms with van der Waals surface area (Å²) in [6.07, 6.45) is -15.5. The van der Waals surface area contributed by atoms with Crippen LogP contribution >= 0.6 is 0 Å². The summed E-state index contributed by atoms with van der Waals surface area (Å²) in [5.41, 5.74) is -8.38. The number of benzene rings is 1. The van der Waals surface area contributed by atoms with Gasteiger partial charge in [-0.25, -0.2) is 0 Å². The van der Waals surface area contributed by atoms with Gasteiger partial charge in [-0.05, 0) is 17.7 Å². The number of hydrogen-bond acceptors (Lipinski definition) is 1. The van der Waals surface area contributed by atoms with Gasteiger partial charge in [0.25, 0.3) is 0 Å². The summed E-state index contributed by atoms with van der Waals surface area (Å²) in [4.78, 5) is 2.83. The van der Waals surface area contributed by atoms with E-state index in [-0.39, 0.29) is 12.3 Å². The second-order valence-electron chi connectivity index (χ2n) is 4.62. The predicted molar refractivity (Wildman–Crippen MR) is 64.7 cm³/mol. The molecule has 0 bridgehead atoms. The topological polar surface area (TPSA) is 12.9 Å². The van der Waals surface area contributed by atoms with Gasteiger partial charge in [0.1, 0.15) is 0 Å². The molecule has 1 nitrogen and oxygen atoms in total. The van der Waals surface area contributed by atoms with E-state index in [1.54, 1.807) is 0 Å². The zero-order valence-corrected chi connectivity index (χ0v) is 11.3. The Bertz CT molecular complexity index is 709. The Balaban J connectivity index is 2.94. The minimum absolute atomic E-state index is 0.206. The molecule has 0 atom stereocenters. The molecule has 0 amide bonds. The molecule has 0 saturated carbocycles. The average Bonchev–Trinajstić information content (AvgIpc) is 2.43. The number of alkyl halides is 9. The van der Waals surface area contributed by atoms with Crippen LogP contribution in [0, 0.1) is 0 Å². The third-order valence-electron chi connectivity index (χ3n) is 3.03. The van der Waals surface area contributed by atoms with E-state index < -0.39 is 46.5 Å². The molecule has 0 aliphatic heterocycles. The van der Waals surface area contributed by atoms with Crippen LogP contribution in [0.3, 0.4) is 0 Å². The van der Waals surface area contributed by atoms with Crippen LogP contribution in [-0.4, -0.2) is 4.98 Å². The van der Waals surface area contributed by atoms with Crippen LogP contribution in [0.2, 0.25) is 0 Å². The van der Waals surface area contributed by atoms with E-state index in [1.807, 2.05) is 0 Å². The fraction of sp³-hybridized carbons (Fsp3) is 0.214. The van der Waals surface area contributed by atoms with Gasteiger partial charge in [0.15, 0.2) is 5.69 Å². The van der Waals surface area contributed by atoms with Crippen LogP contribution < -0.4 is 0 Å². The van der Waals surface area contributed by atoms with Crippen molar-refractivity contribution in [2.45, 2.75) is 18.5 Å². The summed E-state index contributed by atoms with van der Waals surface area (Å²) in [6.45, 7) is 0. The molecule has 130 valence electrons. The molecule has 0 spiro atoms. The number of aromatic nitrogens is 1. The largest absolute Gasteiger partial charge is 0.433 e. The molecule has 2 aromatic rings. The van der Waals surface area contributed by atoms with Gasteiger partial charge in [0.05, 0.1) is 11.1 Å². The zero-order chi connectivity index (χ0) is 18.3. The highest BCUT2D eigenvalue weighted by Crippen LogP contribution is 2.46. The first kappa shape index (κ1) is 18.1. The van der Waals surface area contributed by atoms with Gasteiger partial charge in [-0.1, -0.05) is 18.2 Å². The number of hydrogen-bond donors (Lipinski definition) is 0. The van der Waals surface area contributed by atoms with Gasteiger partial charge in [-0.3, -0.25) is 4.98 Å². The Kier molecular flexibility index (Phi) is 4.28. The van der Waals surface area contributed by atoms with Crippen molar-refractivity contribution in [2.24, 2.45) is 0 Å². The van der Waals surface area contributed by atoms with Crippen molar-refractivity contribution >= 4 is 0 Å². The van der Waals surface area contributed by atoms with Crippen LogP contribution in [0.25, 0.3) is 11.1 Å². The Morgan fingerprint density at radius 2 is 1.17 bits per heavy atom. The number of halogens is 9. The highest BCUT2D eigenvalue weighted by molar-refractivity contribution is 5.74. The smallest absolute Gasteiger partial charge is 0.251 e. The molecule has 10 heteroatoms. The highest BCUT2D eigenvalue weighted by atomic mass is 19.4. The van der Waals surface area contributed by atoms with E-state index in [2.05, 4.69) is 4.98 Å². The van der Waals surface area contributed by atoms with Gasteiger partial charge >= 0.3 is 18.5 Å². The van der Waals surface area contributed by atoms with Crippen molar-refractivity contribution < 1.29 is 39.5 Å². The fourth-order valence-corrected chi connectivity index (χ4v) is 2.13. The van der Waals surface area contributed by atoms with E-state index in [0.29, 0.717) is 12.1 Å². The standard InChI is InChI=1S/C14H6F9N/c15-12(16,17)8-4-2-1-3-7(8)10-9(13(18,19)20)5-6-24-11(10)14(21,22)23/h1-6H. The van der Waals surface area contributed by atoms with Crippen LogP contribution in [-0.2, 0) is 18.5 Å². The first-order chi connectivity index (χ1) is 10.8. The lowest BCUT2D eigenvalue weighted by molar-refractivity contribution is -0.145. The molecule has 0 unspecified atom stereocenters. The van der Waals surface area contributed by atoms with Crippen LogP contribution in [0.15, 0.2) is 36.5 Å². The van der Waals surface area contributed by atoms with Gasteiger partial charge in [-0.15, -0.1) is 0 Å². The summed E-state index contributed by atoms with van der Waals surface area (Å²) >= 11 is 0. The fourth-order valence-electron chi connectivity index (χ4n) is 2.13. The monoisotopic (exact) mass is 359 g/mol. The average molecular weight is 359 g/mol. The minimum Gasteiger partial charge on any atom is -0.251 e. The molecule has 0 N–H and O–H groups in total. The van der Waals surface area contributed by atoms with Gasteiger partial charge < -0.3 is 0 Å². The SMILES string of the molecule is FC(F)(F)c1ccccc1-c1c(C(F)(F)F)ccnc1C(F)(F)F. The molecule has 2 rings (SSSR count).